The van der Waals surface area contributed by atoms with E-state index in [2.05, 4.69) is 0 Å². The van der Waals surface area contributed by atoms with E-state index in [9.17, 15) is 13.2 Å². The molecule has 3 rings (SSSR count). The van der Waals surface area contributed by atoms with Gasteiger partial charge in [-0.3, -0.25) is 0 Å². The lowest BCUT2D eigenvalue weighted by atomic mass is 9.97. The molecule has 5 nitrogen and oxygen atoms in total. The number of ether oxygens (including phenoxy) is 1. The van der Waals surface area contributed by atoms with Gasteiger partial charge in [0.25, 0.3) is 0 Å². The molecular formula is C26H24O5S. The molecule has 0 aliphatic rings. The molecule has 0 fully saturated rings. The average Bonchev–Trinajstić information content (AvgIpc) is 2.79. The number of hydrogen-bond donors (Lipinski definition) is 0. The predicted molar refractivity (Wildman–Crippen MR) is 124 cm³/mol. The molecule has 0 atom stereocenters. The molecule has 164 valence electrons. The Hall–Kier alpha value is -3.64. The van der Waals surface area contributed by atoms with Gasteiger partial charge in [0.1, 0.15) is 4.90 Å². The fourth-order valence-corrected chi connectivity index (χ4v) is 3.90. The first-order valence-electron chi connectivity index (χ1n) is 10.1. The summed E-state index contributed by atoms with van der Waals surface area (Å²) in [4.78, 5) is 12.2. The van der Waals surface area contributed by atoms with Crippen molar-refractivity contribution in [3.63, 3.8) is 0 Å². The van der Waals surface area contributed by atoms with Gasteiger partial charge in [0.15, 0.2) is 5.76 Å². The van der Waals surface area contributed by atoms with E-state index < -0.39 is 16.1 Å². The normalized spacial score (nSPS) is 11.5. The summed E-state index contributed by atoms with van der Waals surface area (Å²) >= 11 is 0. The van der Waals surface area contributed by atoms with Gasteiger partial charge in [-0.25, -0.2) is 4.79 Å². The van der Waals surface area contributed by atoms with Crippen molar-refractivity contribution in [2.24, 2.45) is 0 Å². The van der Waals surface area contributed by atoms with Crippen LogP contribution in [0.3, 0.4) is 0 Å². The number of carbonyl (C=O) groups is 1. The van der Waals surface area contributed by atoms with Crippen LogP contribution < -0.4 is 0 Å². The van der Waals surface area contributed by atoms with Gasteiger partial charge in [-0.05, 0) is 48.8 Å². The van der Waals surface area contributed by atoms with Crippen molar-refractivity contribution in [2.75, 3.05) is 6.61 Å². The number of carbonyl (C=O) groups excluding carboxylic acids is 1. The van der Waals surface area contributed by atoms with Crippen molar-refractivity contribution >= 4 is 21.7 Å². The highest BCUT2D eigenvalue weighted by atomic mass is 32.2. The smallest absolute Gasteiger partial charge is 0.339 e. The highest BCUT2D eigenvalue weighted by Crippen LogP contribution is 2.27. The Morgan fingerprint density at radius 3 is 1.84 bits per heavy atom. The lowest BCUT2D eigenvalue weighted by Crippen LogP contribution is -2.09. The fourth-order valence-electron chi connectivity index (χ4n) is 2.98. The monoisotopic (exact) mass is 448 g/mol. The molecule has 6 heteroatoms. The quantitative estimate of drug-likeness (QED) is 0.154. The molecule has 0 heterocycles. The molecule has 0 aromatic heterocycles. The standard InChI is InChI=1S/C26H24O5S/c1-3-30-26(27)19-23(31-32(28,29)24-16-14-20(2)15-17-24)18-25(21-10-6-4-7-11-21)22-12-8-5-9-13-22/h4-19H,3H2,1-2H3/b23-19+. The van der Waals surface area contributed by atoms with Crippen molar-refractivity contribution in [1.29, 1.82) is 0 Å². The Kier molecular flexibility index (Phi) is 7.63. The van der Waals surface area contributed by atoms with Gasteiger partial charge >= 0.3 is 16.1 Å². The topological polar surface area (TPSA) is 69.7 Å². The molecule has 3 aromatic rings. The number of esters is 1. The minimum atomic E-state index is -4.17. The maximum atomic E-state index is 12.9. The highest BCUT2D eigenvalue weighted by molar-refractivity contribution is 7.86. The molecule has 0 saturated heterocycles. The maximum absolute atomic E-state index is 12.9. The molecule has 0 unspecified atom stereocenters. The van der Waals surface area contributed by atoms with Crippen LogP contribution in [0.1, 0.15) is 23.6 Å². The van der Waals surface area contributed by atoms with Gasteiger partial charge in [-0.15, -0.1) is 0 Å². The molecule has 0 N–H and O–H groups in total. The van der Waals surface area contributed by atoms with E-state index in [0.717, 1.165) is 22.8 Å². The SMILES string of the molecule is CCOC(=O)/C=C(\C=C(c1ccccc1)c1ccccc1)OS(=O)(=O)c1ccc(C)cc1. The molecule has 32 heavy (non-hydrogen) atoms. The molecule has 0 saturated carbocycles. The largest absolute Gasteiger partial charge is 0.463 e. The Morgan fingerprint density at radius 1 is 0.812 bits per heavy atom. The summed E-state index contributed by atoms with van der Waals surface area (Å²) in [6.07, 6.45) is 2.58. The van der Waals surface area contributed by atoms with Gasteiger partial charge in [-0.2, -0.15) is 8.42 Å². The van der Waals surface area contributed by atoms with Crippen LogP contribution >= 0.6 is 0 Å². The van der Waals surface area contributed by atoms with E-state index in [1.54, 1.807) is 19.1 Å². The van der Waals surface area contributed by atoms with E-state index in [4.69, 9.17) is 8.92 Å². The van der Waals surface area contributed by atoms with E-state index >= 15 is 0 Å². The molecule has 0 amide bonds. The van der Waals surface area contributed by atoms with E-state index in [1.165, 1.54) is 18.2 Å². The summed E-state index contributed by atoms with van der Waals surface area (Å²) in [7, 11) is -4.17. The third kappa shape index (κ3) is 6.18. The Bertz CT molecular complexity index is 1170. The van der Waals surface area contributed by atoms with Gasteiger partial charge in [0, 0.05) is 0 Å². The molecule has 0 spiro atoms. The molecule has 0 aliphatic heterocycles. The number of rotatable bonds is 8. The van der Waals surface area contributed by atoms with Crippen molar-refractivity contribution in [3.8, 4) is 0 Å². The zero-order chi connectivity index (χ0) is 23.0. The van der Waals surface area contributed by atoms with Crippen LogP contribution in [-0.2, 0) is 23.8 Å². The van der Waals surface area contributed by atoms with Crippen LogP contribution in [0.4, 0.5) is 0 Å². The second-order valence-corrected chi connectivity index (χ2v) is 8.49. The average molecular weight is 449 g/mol. The summed E-state index contributed by atoms with van der Waals surface area (Å²) in [5.41, 5.74) is 3.29. The Morgan fingerprint density at radius 2 is 1.34 bits per heavy atom. The van der Waals surface area contributed by atoms with Crippen molar-refractivity contribution in [1.82, 2.24) is 0 Å². The summed E-state index contributed by atoms with van der Waals surface area (Å²) in [5.74, 6) is -0.843. The van der Waals surface area contributed by atoms with E-state index in [1.807, 2.05) is 67.6 Å². The lowest BCUT2D eigenvalue weighted by Gasteiger charge is -2.12. The first-order valence-corrected chi connectivity index (χ1v) is 11.5. The second-order valence-electron chi connectivity index (χ2n) is 6.94. The number of benzene rings is 3. The second kappa shape index (κ2) is 10.6. The zero-order valence-electron chi connectivity index (χ0n) is 17.9. The number of aryl methyl sites for hydroxylation is 1. The summed E-state index contributed by atoms with van der Waals surface area (Å²) in [6, 6.07) is 25.2. The predicted octanol–water partition coefficient (Wildman–Crippen LogP) is 5.28. The first-order chi connectivity index (χ1) is 15.4. The highest BCUT2D eigenvalue weighted by Gasteiger charge is 2.19. The minimum Gasteiger partial charge on any atom is -0.463 e. The van der Waals surface area contributed by atoms with Gasteiger partial charge in [0.05, 0.1) is 12.7 Å². The molecule has 0 radical (unpaired) electrons. The summed E-state index contributed by atoms with van der Waals surface area (Å²) in [5, 5.41) is 0. The van der Waals surface area contributed by atoms with E-state index in [-0.39, 0.29) is 17.3 Å². The van der Waals surface area contributed by atoms with Crippen LogP contribution in [0.5, 0.6) is 0 Å². The summed E-state index contributed by atoms with van der Waals surface area (Å²) in [6.45, 7) is 3.68. The van der Waals surface area contributed by atoms with Gasteiger partial charge in [-0.1, -0.05) is 78.4 Å². The molecule has 0 aliphatic carbocycles. The number of hydrogen-bond acceptors (Lipinski definition) is 5. The third-order valence-corrected chi connectivity index (χ3v) is 5.78. The van der Waals surface area contributed by atoms with Crippen molar-refractivity contribution < 1.29 is 22.1 Å². The van der Waals surface area contributed by atoms with Crippen LogP contribution in [0, 0.1) is 6.92 Å². The fraction of sp³-hybridized carbons (Fsp3) is 0.115. The van der Waals surface area contributed by atoms with Crippen LogP contribution in [0.2, 0.25) is 0 Å². The molecule has 0 bridgehead atoms. The third-order valence-electron chi connectivity index (χ3n) is 4.52. The molecular weight excluding hydrogens is 424 g/mol. The van der Waals surface area contributed by atoms with Crippen molar-refractivity contribution in [2.45, 2.75) is 18.7 Å². The van der Waals surface area contributed by atoms with Crippen molar-refractivity contribution in [3.05, 3.63) is 120 Å². The first kappa shape index (κ1) is 23.0. The van der Waals surface area contributed by atoms with Crippen LogP contribution in [-0.4, -0.2) is 21.0 Å². The van der Waals surface area contributed by atoms with Gasteiger partial charge in [0.2, 0.25) is 0 Å². The molecule has 3 aromatic carbocycles. The zero-order valence-corrected chi connectivity index (χ0v) is 18.7. The van der Waals surface area contributed by atoms with Crippen LogP contribution in [0.25, 0.3) is 5.57 Å². The maximum Gasteiger partial charge on any atom is 0.339 e. The Balaban J connectivity index is 2.10. The van der Waals surface area contributed by atoms with E-state index in [0.29, 0.717) is 5.57 Å². The number of allylic oxidation sites excluding steroid dienone is 1. The minimum absolute atomic E-state index is 0.00719. The van der Waals surface area contributed by atoms with Crippen LogP contribution in [0.15, 0.2) is 108 Å². The van der Waals surface area contributed by atoms with Gasteiger partial charge < -0.3 is 8.92 Å². The summed E-state index contributed by atoms with van der Waals surface area (Å²) < 4.78 is 36.2. The Labute approximate surface area is 188 Å². The lowest BCUT2D eigenvalue weighted by molar-refractivity contribution is -0.137.